The van der Waals surface area contributed by atoms with E-state index in [-0.39, 0.29) is 5.97 Å². The van der Waals surface area contributed by atoms with Crippen LogP contribution in [0.4, 0.5) is 0 Å². The first-order valence-corrected chi connectivity index (χ1v) is 9.97. The van der Waals surface area contributed by atoms with Gasteiger partial charge in [-0.3, -0.25) is 0 Å². The summed E-state index contributed by atoms with van der Waals surface area (Å²) in [6.45, 7) is 14.0. The summed E-state index contributed by atoms with van der Waals surface area (Å²) in [6.07, 6.45) is 8.35. The number of carbonyl (C=O) groups is 1. The van der Waals surface area contributed by atoms with E-state index in [9.17, 15) is 4.79 Å². The molecule has 3 heteroatoms. The molecule has 2 unspecified atom stereocenters. The Kier molecular flexibility index (Phi) is 8.46. The van der Waals surface area contributed by atoms with Crippen LogP contribution >= 0.6 is 11.8 Å². The van der Waals surface area contributed by atoms with Gasteiger partial charge in [0.25, 0.3) is 0 Å². The van der Waals surface area contributed by atoms with Gasteiger partial charge in [-0.2, -0.15) is 11.8 Å². The maximum Gasteiger partial charge on any atom is 0.331 e. The summed E-state index contributed by atoms with van der Waals surface area (Å²) in [6, 6.07) is 0. The molecule has 1 aliphatic rings. The summed E-state index contributed by atoms with van der Waals surface area (Å²) < 4.78 is 5.34. The third-order valence-electron chi connectivity index (χ3n) is 4.78. The summed E-state index contributed by atoms with van der Waals surface area (Å²) in [5.74, 6) is 2.37. The van der Waals surface area contributed by atoms with Gasteiger partial charge in [-0.15, -0.1) is 0 Å². The molecule has 0 saturated carbocycles. The Morgan fingerprint density at radius 1 is 1.35 bits per heavy atom. The number of carbonyl (C=O) groups excluding carboxylic acids is 1. The van der Waals surface area contributed by atoms with E-state index in [0.717, 1.165) is 24.8 Å². The predicted octanol–water partition coefficient (Wildman–Crippen LogP) is 5.78. The Morgan fingerprint density at radius 3 is 2.65 bits per heavy atom. The minimum Gasteiger partial charge on any atom is -0.463 e. The summed E-state index contributed by atoms with van der Waals surface area (Å²) in [5, 5.41) is 0. The summed E-state index contributed by atoms with van der Waals surface area (Å²) in [5.41, 5.74) is 2.61. The van der Waals surface area contributed by atoms with Crippen LogP contribution in [0.2, 0.25) is 0 Å². The van der Waals surface area contributed by atoms with E-state index in [1.807, 2.05) is 6.92 Å². The molecule has 132 valence electrons. The zero-order valence-corrected chi connectivity index (χ0v) is 16.6. The van der Waals surface area contributed by atoms with Gasteiger partial charge >= 0.3 is 5.97 Å². The quantitative estimate of drug-likeness (QED) is 0.394. The minimum absolute atomic E-state index is 0.208. The third kappa shape index (κ3) is 7.15. The van der Waals surface area contributed by atoms with Gasteiger partial charge in [0.15, 0.2) is 0 Å². The fourth-order valence-electron chi connectivity index (χ4n) is 3.25. The van der Waals surface area contributed by atoms with E-state index >= 15 is 0 Å². The average Bonchev–Trinajstić information content (AvgIpc) is 2.85. The molecule has 0 amide bonds. The van der Waals surface area contributed by atoms with Gasteiger partial charge in [-0.25, -0.2) is 4.79 Å². The molecule has 1 rings (SSSR count). The molecule has 0 aromatic carbocycles. The molecule has 0 aliphatic heterocycles. The molecule has 0 aromatic rings. The maximum atomic E-state index is 11.5. The number of allylic oxidation sites excluding steroid dienone is 3. The van der Waals surface area contributed by atoms with Gasteiger partial charge < -0.3 is 4.74 Å². The number of ether oxygens (including phenoxy) is 1. The van der Waals surface area contributed by atoms with E-state index in [2.05, 4.69) is 52.5 Å². The van der Waals surface area contributed by atoms with Crippen molar-refractivity contribution >= 4 is 17.7 Å². The van der Waals surface area contributed by atoms with Crippen molar-refractivity contribution in [3.8, 4) is 0 Å². The molecule has 0 saturated heterocycles. The van der Waals surface area contributed by atoms with Gasteiger partial charge in [0.2, 0.25) is 0 Å². The molecule has 23 heavy (non-hydrogen) atoms. The predicted molar refractivity (Wildman–Crippen MR) is 102 cm³/mol. The molecule has 0 aromatic heterocycles. The van der Waals surface area contributed by atoms with Crippen LogP contribution in [-0.4, -0.2) is 23.1 Å². The molecule has 2 atom stereocenters. The smallest absolute Gasteiger partial charge is 0.331 e. The lowest BCUT2D eigenvalue weighted by Gasteiger charge is -2.33. The van der Waals surface area contributed by atoms with Crippen LogP contribution in [0.25, 0.3) is 0 Å². The van der Waals surface area contributed by atoms with Gasteiger partial charge in [-0.05, 0) is 55.8 Å². The van der Waals surface area contributed by atoms with Crippen molar-refractivity contribution in [2.75, 3.05) is 12.4 Å². The molecule has 0 radical (unpaired) electrons. The largest absolute Gasteiger partial charge is 0.463 e. The highest BCUT2D eigenvalue weighted by Gasteiger charge is 2.27. The third-order valence-corrected chi connectivity index (χ3v) is 6.22. The Balaban J connectivity index is 2.52. The van der Waals surface area contributed by atoms with Crippen LogP contribution in [0.3, 0.4) is 0 Å². The fraction of sp³-hybridized carbons (Fsp3) is 0.750. The van der Waals surface area contributed by atoms with Gasteiger partial charge in [0.1, 0.15) is 0 Å². The van der Waals surface area contributed by atoms with Crippen molar-refractivity contribution in [1.29, 1.82) is 0 Å². The molecule has 1 aliphatic carbocycles. The van der Waals surface area contributed by atoms with Crippen LogP contribution in [0.5, 0.6) is 0 Å². The van der Waals surface area contributed by atoms with E-state index in [1.54, 1.807) is 6.08 Å². The van der Waals surface area contributed by atoms with Crippen LogP contribution in [0.1, 0.15) is 67.2 Å². The number of esters is 1. The standard InChI is InChI=1S/C20H34O2S/c1-7-22-19(21)14-18-10-9-17(13-18)12-15(3)11-16(4)20(5,6)23-8-2/h13-16H,7-12H2,1-6H3. The van der Waals surface area contributed by atoms with Gasteiger partial charge in [-0.1, -0.05) is 46.3 Å². The molecular formula is C20H34O2S. The van der Waals surface area contributed by atoms with Crippen molar-refractivity contribution in [3.05, 3.63) is 23.3 Å². The molecule has 0 fully saturated rings. The van der Waals surface area contributed by atoms with E-state index < -0.39 is 0 Å². The van der Waals surface area contributed by atoms with Crippen molar-refractivity contribution in [2.24, 2.45) is 11.8 Å². The number of hydrogen-bond donors (Lipinski definition) is 0. The average molecular weight is 339 g/mol. The highest BCUT2D eigenvalue weighted by atomic mass is 32.2. The first-order valence-electron chi connectivity index (χ1n) is 8.99. The summed E-state index contributed by atoms with van der Waals surface area (Å²) in [7, 11) is 0. The first-order chi connectivity index (χ1) is 10.8. The molecule has 0 bridgehead atoms. The van der Waals surface area contributed by atoms with Gasteiger partial charge in [0.05, 0.1) is 6.61 Å². The van der Waals surface area contributed by atoms with Crippen LogP contribution in [0, 0.1) is 11.8 Å². The van der Waals surface area contributed by atoms with E-state index in [1.165, 1.54) is 17.7 Å². The molecular weight excluding hydrogens is 304 g/mol. The summed E-state index contributed by atoms with van der Waals surface area (Å²) >= 11 is 2.06. The Hall–Kier alpha value is -0.700. The lowest BCUT2D eigenvalue weighted by atomic mass is 9.85. The topological polar surface area (TPSA) is 26.3 Å². The minimum atomic E-state index is -0.208. The Bertz CT molecular complexity index is 449. The highest BCUT2D eigenvalue weighted by molar-refractivity contribution is 8.00. The Morgan fingerprint density at radius 2 is 2.04 bits per heavy atom. The van der Waals surface area contributed by atoms with Crippen molar-refractivity contribution in [1.82, 2.24) is 0 Å². The molecule has 0 spiro atoms. The number of rotatable bonds is 9. The second-order valence-electron chi connectivity index (χ2n) is 7.26. The summed E-state index contributed by atoms with van der Waals surface area (Å²) in [4.78, 5) is 11.5. The van der Waals surface area contributed by atoms with Crippen LogP contribution in [-0.2, 0) is 9.53 Å². The molecule has 2 nitrogen and oxygen atoms in total. The van der Waals surface area contributed by atoms with Gasteiger partial charge in [0, 0.05) is 10.8 Å². The lowest BCUT2D eigenvalue weighted by molar-refractivity contribution is -0.137. The molecule has 0 heterocycles. The normalized spacial score (nSPS) is 19.6. The maximum absolute atomic E-state index is 11.5. The fourth-order valence-corrected chi connectivity index (χ4v) is 4.38. The van der Waals surface area contributed by atoms with E-state index in [0.29, 0.717) is 23.2 Å². The van der Waals surface area contributed by atoms with Crippen molar-refractivity contribution in [3.63, 3.8) is 0 Å². The number of thioether (sulfide) groups is 1. The monoisotopic (exact) mass is 338 g/mol. The zero-order valence-electron chi connectivity index (χ0n) is 15.8. The second-order valence-corrected chi connectivity index (χ2v) is 9.17. The SMILES string of the molecule is CCOC(=O)C=C1C=C(CC(C)CC(C)C(C)(C)SCC)CC1. The molecule has 0 N–H and O–H groups in total. The zero-order chi connectivity index (χ0) is 17.5. The van der Waals surface area contributed by atoms with Crippen LogP contribution < -0.4 is 0 Å². The first kappa shape index (κ1) is 20.3. The van der Waals surface area contributed by atoms with Crippen molar-refractivity contribution < 1.29 is 9.53 Å². The van der Waals surface area contributed by atoms with Crippen LogP contribution in [0.15, 0.2) is 23.3 Å². The van der Waals surface area contributed by atoms with Crippen molar-refractivity contribution in [2.45, 2.75) is 72.0 Å². The lowest BCUT2D eigenvalue weighted by Crippen LogP contribution is -2.27. The van der Waals surface area contributed by atoms with E-state index in [4.69, 9.17) is 4.74 Å². The highest BCUT2D eigenvalue weighted by Crippen LogP contribution is 2.38. The second kappa shape index (κ2) is 9.56. The number of hydrogen-bond acceptors (Lipinski definition) is 3. The Labute approximate surface area is 147 Å².